The summed E-state index contributed by atoms with van der Waals surface area (Å²) in [6.45, 7) is 0.441. The molecule has 1 heterocycles. The smallest absolute Gasteiger partial charge is 0.253 e. The van der Waals surface area contributed by atoms with Crippen molar-refractivity contribution in [1.82, 2.24) is 10.5 Å². The Bertz CT molecular complexity index is 615. The second-order valence-corrected chi connectivity index (χ2v) is 5.06. The molecule has 0 saturated heterocycles. The summed E-state index contributed by atoms with van der Waals surface area (Å²) in [5.74, 6) is 0. The zero-order valence-electron chi connectivity index (χ0n) is 10.8. The van der Waals surface area contributed by atoms with Gasteiger partial charge in [0, 0.05) is 11.1 Å². The Kier molecular flexibility index (Phi) is 3.62. The van der Waals surface area contributed by atoms with Gasteiger partial charge in [0.2, 0.25) is 0 Å². The number of benzene rings is 1. The van der Waals surface area contributed by atoms with E-state index in [4.69, 9.17) is 4.84 Å². The third-order valence-corrected chi connectivity index (χ3v) is 3.65. The second-order valence-electron chi connectivity index (χ2n) is 5.06. The first-order valence-corrected chi connectivity index (χ1v) is 6.82. The minimum absolute atomic E-state index is 0.0544. The van der Waals surface area contributed by atoms with Crippen molar-refractivity contribution in [3.8, 4) is 0 Å². The fourth-order valence-corrected chi connectivity index (χ4v) is 2.57. The van der Waals surface area contributed by atoms with Gasteiger partial charge in [-0.15, -0.1) is 0 Å². The number of fused-ring (bicyclic) bond motifs is 1. The SMILES string of the molecule is O=c1[nH]c2ccccc2cc1CNOC1CCCC1. The number of hydrogen-bond acceptors (Lipinski definition) is 3. The monoisotopic (exact) mass is 258 g/mol. The van der Waals surface area contributed by atoms with Gasteiger partial charge in [0.1, 0.15) is 0 Å². The molecule has 1 fully saturated rings. The number of nitrogens with one attached hydrogen (secondary N) is 2. The number of aromatic nitrogens is 1. The van der Waals surface area contributed by atoms with Gasteiger partial charge in [-0.2, -0.15) is 5.48 Å². The zero-order chi connectivity index (χ0) is 13.1. The summed E-state index contributed by atoms with van der Waals surface area (Å²) in [6.07, 6.45) is 5.01. The number of aromatic amines is 1. The van der Waals surface area contributed by atoms with Gasteiger partial charge in [0.15, 0.2) is 0 Å². The lowest BCUT2D eigenvalue weighted by atomic mass is 10.1. The van der Waals surface area contributed by atoms with Gasteiger partial charge in [-0.25, -0.2) is 0 Å². The molecule has 1 aromatic carbocycles. The van der Waals surface area contributed by atoms with Crippen LogP contribution in [0.25, 0.3) is 10.9 Å². The van der Waals surface area contributed by atoms with Gasteiger partial charge in [-0.3, -0.25) is 9.63 Å². The van der Waals surface area contributed by atoms with Crippen molar-refractivity contribution >= 4 is 10.9 Å². The normalized spacial score (nSPS) is 16.2. The second kappa shape index (κ2) is 5.55. The highest BCUT2D eigenvalue weighted by Gasteiger charge is 2.15. The van der Waals surface area contributed by atoms with Crippen LogP contribution in [0.4, 0.5) is 0 Å². The van der Waals surface area contributed by atoms with Gasteiger partial charge in [0.05, 0.1) is 12.6 Å². The topological polar surface area (TPSA) is 54.1 Å². The highest BCUT2D eigenvalue weighted by Crippen LogP contribution is 2.20. The molecule has 0 unspecified atom stereocenters. The van der Waals surface area contributed by atoms with Crippen molar-refractivity contribution in [1.29, 1.82) is 0 Å². The minimum atomic E-state index is -0.0544. The molecule has 1 saturated carbocycles. The molecule has 2 N–H and O–H groups in total. The summed E-state index contributed by atoms with van der Waals surface area (Å²) in [7, 11) is 0. The van der Waals surface area contributed by atoms with Crippen molar-refractivity contribution in [2.45, 2.75) is 38.3 Å². The molecule has 100 valence electrons. The van der Waals surface area contributed by atoms with Gasteiger partial charge < -0.3 is 4.98 Å². The van der Waals surface area contributed by atoms with E-state index in [0.29, 0.717) is 18.2 Å². The van der Waals surface area contributed by atoms with Crippen molar-refractivity contribution in [3.05, 3.63) is 46.2 Å². The molecule has 1 aliphatic carbocycles. The first-order valence-electron chi connectivity index (χ1n) is 6.82. The van der Waals surface area contributed by atoms with Gasteiger partial charge >= 0.3 is 0 Å². The van der Waals surface area contributed by atoms with E-state index in [0.717, 1.165) is 23.7 Å². The molecule has 0 radical (unpaired) electrons. The quantitative estimate of drug-likeness (QED) is 0.828. The van der Waals surface area contributed by atoms with Crippen LogP contribution < -0.4 is 11.0 Å². The molecule has 0 spiro atoms. The Morgan fingerprint density at radius 3 is 2.89 bits per heavy atom. The third-order valence-electron chi connectivity index (χ3n) is 3.65. The van der Waals surface area contributed by atoms with Crippen LogP contribution in [0.1, 0.15) is 31.2 Å². The highest BCUT2D eigenvalue weighted by atomic mass is 16.7. The van der Waals surface area contributed by atoms with Gasteiger partial charge in [-0.05, 0) is 30.4 Å². The van der Waals surface area contributed by atoms with Crippen LogP contribution in [0.3, 0.4) is 0 Å². The molecule has 3 rings (SSSR count). The lowest BCUT2D eigenvalue weighted by Crippen LogP contribution is -2.25. The number of pyridine rings is 1. The van der Waals surface area contributed by atoms with E-state index < -0.39 is 0 Å². The largest absolute Gasteiger partial charge is 0.322 e. The first kappa shape index (κ1) is 12.4. The molecule has 2 aromatic rings. The first-order chi connectivity index (χ1) is 9.33. The van der Waals surface area contributed by atoms with E-state index in [1.807, 2.05) is 30.3 Å². The molecular weight excluding hydrogens is 240 g/mol. The van der Waals surface area contributed by atoms with Crippen molar-refractivity contribution < 1.29 is 4.84 Å². The van der Waals surface area contributed by atoms with E-state index in [9.17, 15) is 4.79 Å². The summed E-state index contributed by atoms with van der Waals surface area (Å²) in [4.78, 5) is 20.4. The van der Waals surface area contributed by atoms with Crippen LogP contribution in [-0.4, -0.2) is 11.1 Å². The number of para-hydroxylation sites is 1. The summed E-state index contributed by atoms with van der Waals surface area (Å²) in [5, 5.41) is 1.04. The van der Waals surface area contributed by atoms with E-state index in [1.54, 1.807) is 0 Å². The molecule has 0 amide bonds. The number of rotatable bonds is 4. The predicted octanol–water partition coefficient (Wildman–Crippen LogP) is 2.49. The standard InChI is InChI=1S/C15H18N2O2/c18-15-12(10-16-19-13-6-2-3-7-13)9-11-5-1-4-8-14(11)17-15/h1,4-5,8-9,13,16H,2-3,6-7,10H2,(H,17,18). The van der Waals surface area contributed by atoms with Gasteiger partial charge in [-0.1, -0.05) is 31.0 Å². The minimum Gasteiger partial charge on any atom is -0.322 e. The summed E-state index contributed by atoms with van der Waals surface area (Å²) < 4.78 is 0. The Morgan fingerprint density at radius 1 is 1.26 bits per heavy atom. The molecular formula is C15H18N2O2. The fourth-order valence-electron chi connectivity index (χ4n) is 2.57. The van der Waals surface area contributed by atoms with Gasteiger partial charge in [0.25, 0.3) is 5.56 Å². The number of hydrogen-bond donors (Lipinski definition) is 2. The molecule has 0 aliphatic heterocycles. The Balaban J connectivity index is 1.69. The van der Waals surface area contributed by atoms with Crippen LogP contribution in [0.2, 0.25) is 0 Å². The number of H-pyrrole nitrogens is 1. The fraction of sp³-hybridized carbons (Fsp3) is 0.400. The maximum absolute atomic E-state index is 11.9. The molecule has 4 nitrogen and oxygen atoms in total. The van der Waals surface area contributed by atoms with Crippen LogP contribution in [0.15, 0.2) is 35.1 Å². The summed E-state index contributed by atoms with van der Waals surface area (Å²) in [6, 6.07) is 9.70. The molecule has 1 aliphatic rings. The van der Waals surface area contributed by atoms with Crippen LogP contribution in [0, 0.1) is 0 Å². The molecule has 19 heavy (non-hydrogen) atoms. The van der Waals surface area contributed by atoms with E-state index >= 15 is 0 Å². The molecule has 4 heteroatoms. The average Bonchev–Trinajstić information content (AvgIpc) is 2.92. The van der Waals surface area contributed by atoms with E-state index in [1.165, 1.54) is 12.8 Å². The number of hydroxylamine groups is 1. The lowest BCUT2D eigenvalue weighted by Gasteiger charge is -2.11. The van der Waals surface area contributed by atoms with E-state index in [-0.39, 0.29) is 5.56 Å². The predicted molar refractivity (Wildman–Crippen MR) is 74.7 cm³/mol. The Morgan fingerprint density at radius 2 is 2.05 bits per heavy atom. The van der Waals surface area contributed by atoms with Crippen LogP contribution >= 0.6 is 0 Å². The molecule has 0 atom stereocenters. The lowest BCUT2D eigenvalue weighted by molar-refractivity contribution is -0.0245. The van der Waals surface area contributed by atoms with E-state index in [2.05, 4.69) is 10.5 Å². The average molecular weight is 258 g/mol. The van der Waals surface area contributed by atoms with Crippen LogP contribution in [-0.2, 0) is 11.4 Å². The Hall–Kier alpha value is -1.65. The molecule has 0 bridgehead atoms. The Labute approximate surface area is 111 Å². The highest BCUT2D eigenvalue weighted by molar-refractivity contribution is 5.78. The van der Waals surface area contributed by atoms with Crippen molar-refractivity contribution in [3.63, 3.8) is 0 Å². The summed E-state index contributed by atoms with van der Waals surface area (Å²) >= 11 is 0. The van der Waals surface area contributed by atoms with Crippen molar-refractivity contribution in [2.75, 3.05) is 0 Å². The van der Waals surface area contributed by atoms with Crippen LogP contribution in [0.5, 0.6) is 0 Å². The maximum Gasteiger partial charge on any atom is 0.253 e. The summed E-state index contributed by atoms with van der Waals surface area (Å²) in [5.41, 5.74) is 4.45. The third kappa shape index (κ3) is 2.85. The molecule has 1 aromatic heterocycles. The zero-order valence-corrected chi connectivity index (χ0v) is 10.8. The van der Waals surface area contributed by atoms with Crippen molar-refractivity contribution in [2.24, 2.45) is 0 Å². The maximum atomic E-state index is 11.9.